The van der Waals surface area contributed by atoms with Gasteiger partial charge in [0.05, 0.1) is 0 Å². The van der Waals surface area contributed by atoms with Crippen molar-refractivity contribution in [1.82, 2.24) is 10.3 Å². The second kappa shape index (κ2) is 4.41. The fourth-order valence-electron chi connectivity index (χ4n) is 4.08. The first-order valence-corrected chi connectivity index (χ1v) is 6.86. The van der Waals surface area contributed by atoms with E-state index in [4.69, 9.17) is 0 Å². The van der Waals surface area contributed by atoms with Crippen LogP contribution in [0, 0.1) is 24.7 Å². The molecule has 0 aliphatic heterocycles. The van der Waals surface area contributed by atoms with Gasteiger partial charge in [-0.2, -0.15) is 0 Å². The molecule has 0 radical (unpaired) electrons. The summed E-state index contributed by atoms with van der Waals surface area (Å²) < 4.78 is 0. The van der Waals surface area contributed by atoms with Crippen LogP contribution in [0.1, 0.15) is 42.9 Å². The number of pyridine rings is 1. The Kier molecular flexibility index (Phi) is 2.91. The summed E-state index contributed by atoms with van der Waals surface area (Å²) in [5.41, 5.74) is 2.65. The van der Waals surface area contributed by atoms with E-state index in [1.807, 2.05) is 12.4 Å². The van der Waals surface area contributed by atoms with Gasteiger partial charge in [0.2, 0.25) is 0 Å². The minimum Gasteiger partial charge on any atom is -0.313 e. The van der Waals surface area contributed by atoms with Gasteiger partial charge in [-0.05, 0) is 62.1 Å². The molecule has 0 saturated heterocycles. The minimum absolute atomic E-state index is 0.512. The van der Waals surface area contributed by atoms with E-state index in [0.29, 0.717) is 6.04 Å². The van der Waals surface area contributed by atoms with Gasteiger partial charge in [-0.15, -0.1) is 0 Å². The number of hydrogen-bond donors (Lipinski definition) is 1. The van der Waals surface area contributed by atoms with E-state index in [0.717, 1.165) is 17.8 Å². The van der Waals surface area contributed by atoms with E-state index in [9.17, 15) is 0 Å². The Labute approximate surface area is 104 Å². The first-order chi connectivity index (χ1) is 8.28. The molecule has 0 amide bonds. The second-order valence-electron chi connectivity index (χ2n) is 5.90. The average molecular weight is 230 g/mol. The molecule has 92 valence electrons. The fourth-order valence-corrected chi connectivity index (χ4v) is 4.08. The van der Waals surface area contributed by atoms with E-state index in [1.54, 1.807) is 0 Å². The van der Waals surface area contributed by atoms with Crippen molar-refractivity contribution in [3.8, 4) is 0 Å². The third kappa shape index (κ3) is 1.99. The molecule has 2 bridgehead atoms. The summed E-state index contributed by atoms with van der Waals surface area (Å²) in [6, 6.07) is 2.80. The van der Waals surface area contributed by atoms with Crippen molar-refractivity contribution in [1.29, 1.82) is 0 Å². The lowest BCUT2D eigenvalue weighted by Crippen LogP contribution is -2.29. The normalized spacial score (nSPS) is 32.9. The molecule has 2 fully saturated rings. The van der Waals surface area contributed by atoms with Gasteiger partial charge in [0.1, 0.15) is 0 Å². The SMILES string of the molecule is CNC(c1cncc(C)c1)C1CC2CCC1C2. The highest BCUT2D eigenvalue weighted by Crippen LogP contribution is 2.52. The van der Waals surface area contributed by atoms with Gasteiger partial charge in [-0.25, -0.2) is 0 Å². The highest BCUT2D eigenvalue weighted by atomic mass is 14.9. The number of rotatable bonds is 3. The summed E-state index contributed by atoms with van der Waals surface area (Å²) in [4.78, 5) is 4.35. The van der Waals surface area contributed by atoms with Gasteiger partial charge < -0.3 is 5.32 Å². The molecule has 0 aromatic carbocycles. The van der Waals surface area contributed by atoms with Gasteiger partial charge in [-0.3, -0.25) is 4.98 Å². The standard InChI is InChI=1S/C15H22N2/c1-10-5-13(9-17-8-10)15(16-2)14-7-11-3-4-12(14)6-11/h5,8-9,11-12,14-16H,3-4,6-7H2,1-2H3. The summed E-state index contributed by atoms with van der Waals surface area (Å²) in [6.07, 6.45) is 9.81. The quantitative estimate of drug-likeness (QED) is 0.863. The number of fused-ring (bicyclic) bond motifs is 2. The van der Waals surface area contributed by atoms with Crippen LogP contribution in [0.25, 0.3) is 0 Å². The minimum atomic E-state index is 0.512. The van der Waals surface area contributed by atoms with Crippen molar-refractivity contribution in [2.75, 3.05) is 7.05 Å². The zero-order valence-corrected chi connectivity index (χ0v) is 10.8. The topological polar surface area (TPSA) is 24.9 Å². The largest absolute Gasteiger partial charge is 0.313 e. The maximum Gasteiger partial charge on any atom is 0.0364 e. The molecule has 17 heavy (non-hydrogen) atoms. The van der Waals surface area contributed by atoms with Crippen LogP contribution in [0.4, 0.5) is 0 Å². The lowest BCUT2D eigenvalue weighted by molar-refractivity contribution is 0.259. The Morgan fingerprint density at radius 1 is 1.29 bits per heavy atom. The van der Waals surface area contributed by atoms with Crippen LogP contribution >= 0.6 is 0 Å². The van der Waals surface area contributed by atoms with E-state index in [1.165, 1.54) is 36.8 Å². The molecule has 2 heteroatoms. The summed E-state index contributed by atoms with van der Waals surface area (Å²) in [5.74, 6) is 2.80. The van der Waals surface area contributed by atoms with Crippen LogP contribution in [-0.2, 0) is 0 Å². The van der Waals surface area contributed by atoms with Crippen molar-refractivity contribution >= 4 is 0 Å². The van der Waals surface area contributed by atoms with Gasteiger partial charge in [0, 0.05) is 18.4 Å². The van der Waals surface area contributed by atoms with Crippen molar-refractivity contribution < 1.29 is 0 Å². The van der Waals surface area contributed by atoms with Crippen molar-refractivity contribution in [3.05, 3.63) is 29.6 Å². The number of nitrogens with zero attached hydrogens (tertiary/aromatic N) is 1. The predicted molar refractivity (Wildman–Crippen MR) is 69.7 cm³/mol. The smallest absolute Gasteiger partial charge is 0.0364 e. The van der Waals surface area contributed by atoms with Crippen molar-refractivity contribution in [3.63, 3.8) is 0 Å². The average Bonchev–Trinajstić information content (AvgIpc) is 2.92. The molecule has 0 spiro atoms. The molecule has 1 heterocycles. The molecule has 1 aromatic rings. The molecule has 2 aliphatic rings. The Morgan fingerprint density at radius 2 is 2.18 bits per heavy atom. The molecule has 1 aromatic heterocycles. The Morgan fingerprint density at radius 3 is 2.76 bits per heavy atom. The molecule has 2 saturated carbocycles. The lowest BCUT2D eigenvalue weighted by Gasteiger charge is -2.30. The van der Waals surface area contributed by atoms with Crippen molar-refractivity contribution in [2.45, 2.75) is 38.6 Å². The third-order valence-electron chi connectivity index (χ3n) is 4.79. The molecule has 2 aliphatic carbocycles. The molecule has 3 rings (SSSR count). The Bertz CT molecular complexity index is 402. The van der Waals surface area contributed by atoms with Crippen LogP contribution in [0.2, 0.25) is 0 Å². The van der Waals surface area contributed by atoms with E-state index in [2.05, 4.69) is 30.3 Å². The number of aryl methyl sites for hydroxylation is 1. The second-order valence-corrected chi connectivity index (χ2v) is 5.90. The monoisotopic (exact) mass is 230 g/mol. The van der Waals surface area contributed by atoms with E-state index in [-0.39, 0.29) is 0 Å². The van der Waals surface area contributed by atoms with Crippen LogP contribution in [0.3, 0.4) is 0 Å². The van der Waals surface area contributed by atoms with Crippen molar-refractivity contribution in [2.24, 2.45) is 17.8 Å². The molecule has 4 atom stereocenters. The Hall–Kier alpha value is -0.890. The van der Waals surface area contributed by atoms with Gasteiger partial charge in [0.25, 0.3) is 0 Å². The first-order valence-electron chi connectivity index (χ1n) is 6.86. The van der Waals surface area contributed by atoms with Crippen LogP contribution in [-0.4, -0.2) is 12.0 Å². The zero-order valence-electron chi connectivity index (χ0n) is 10.8. The Balaban J connectivity index is 1.84. The van der Waals surface area contributed by atoms with E-state index < -0.39 is 0 Å². The van der Waals surface area contributed by atoms with Gasteiger partial charge >= 0.3 is 0 Å². The first kappa shape index (κ1) is 11.2. The van der Waals surface area contributed by atoms with E-state index >= 15 is 0 Å². The fraction of sp³-hybridized carbons (Fsp3) is 0.667. The molecule has 1 N–H and O–H groups in total. The van der Waals surface area contributed by atoms with Crippen LogP contribution in [0.15, 0.2) is 18.5 Å². The third-order valence-corrected chi connectivity index (χ3v) is 4.79. The maximum absolute atomic E-state index is 4.35. The summed E-state index contributed by atoms with van der Waals surface area (Å²) in [7, 11) is 2.10. The molecular formula is C15H22N2. The summed E-state index contributed by atoms with van der Waals surface area (Å²) in [5, 5.41) is 3.53. The zero-order chi connectivity index (χ0) is 11.8. The maximum atomic E-state index is 4.35. The number of hydrogen-bond acceptors (Lipinski definition) is 2. The van der Waals surface area contributed by atoms with Crippen LogP contribution < -0.4 is 5.32 Å². The molecular weight excluding hydrogens is 208 g/mol. The summed E-state index contributed by atoms with van der Waals surface area (Å²) >= 11 is 0. The number of aromatic nitrogens is 1. The summed E-state index contributed by atoms with van der Waals surface area (Å²) in [6.45, 7) is 2.13. The van der Waals surface area contributed by atoms with Gasteiger partial charge in [0.15, 0.2) is 0 Å². The molecule has 4 unspecified atom stereocenters. The van der Waals surface area contributed by atoms with Gasteiger partial charge in [-0.1, -0.05) is 12.5 Å². The highest BCUT2D eigenvalue weighted by Gasteiger charge is 2.43. The number of nitrogens with one attached hydrogen (secondary N) is 1. The predicted octanol–water partition coefficient (Wildman–Crippen LogP) is 3.09. The highest BCUT2D eigenvalue weighted by molar-refractivity contribution is 5.22. The lowest BCUT2D eigenvalue weighted by atomic mass is 9.81. The van der Waals surface area contributed by atoms with Crippen LogP contribution in [0.5, 0.6) is 0 Å². The molecule has 2 nitrogen and oxygen atoms in total.